The third-order valence-corrected chi connectivity index (χ3v) is 8.76. The van der Waals surface area contributed by atoms with Crippen LogP contribution in [0.15, 0.2) is 10.6 Å². The molecular formula is C19H31NO6S. The zero-order valence-electron chi connectivity index (χ0n) is 16.8. The Bertz CT molecular complexity index is 757. The maximum absolute atomic E-state index is 13.1. The second-order valence-electron chi connectivity index (χ2n) is 8.51. The highest BCUT2D eigenvalue weighted by atomic mass is 32.2. The van der Waals surface area contributed by atoms with Gasteiger partial charge in [-0.25, -0.2) is 8.42 Å². The fourth-order valence-electron chi connectivity index (χ4n) is 3.32. The first-order chi connectivity index (χ1) is 12.5. The van der Waals surface area contributed by atoms with Gasteiger partial charge in [-0.1, -0.05) is 19.0 Å². The summed E-state index contributed by atoms with van der Waals surface area (Å²) in [5.41, 5.74) is -0.0572. The summed E-state index contributed by atoms with van der Waals surface area (Å²) < 4.78 is 35.2. The molecule has 0 amide bonds. The molecule has 0 aromatic carbocycles. The third kappa shape index (κ3) is 4.43. The normalized spacial score (nSPS) is 22.0. The first-order valence-corrected chi connectivity index (χ1v) is 10.9. The second-order valence-corrected chi connectivity index (χ2v) is 11.3. The molecule has 0 saturated heterocycles. The van der Waals surface area contributed by atoms with Crippen LogP contribution in [0.1, 0.15) is 64.8 Å². The molecule has 1 fully saturated rings. The lowest BCUT2D eigenvalue weighted by Gasteiger charge is -2.33. The smallest absolute Gasteiger partial charge is 0.165 e. The number of sulfone groups is 1. The van der Waals surface area contributed by atoms with Gasteiger partial charge in [-0.2, -0.15) is 0 Å². The average Bonchev–Trinajstić information content (AvgIpc) is 3.10. The van der Waals surface area contributed by atoms with Crippen molar-refractivity contribution < 1.29 is 27.6 Å². The minimum atomic E-state index is -3.65. The quantitative estimate of drug-likeness (QED) is 0.711. The third-order valence-electron chi connectivity index (χ3n) is 5.76. The van der Waals surface area contributed by atoms with Crippen LogP contribution < -0.4 is 0 Å². The van der Waals surface area contributed by atoms with Gasteiger partial charge in [0.05, 0.1) is 30.1 Å². The van der Waals surface area contributed by atoms with Gasteiger partial charge in [-0.3, -0.25) is 4.79 Å². The SMILES string of the molecule is COC1CCC(S(=O)(=O)C(C)(C)C(=O)Cc2cc(C(C)(C)CO)no2)CC1. The first-order valence-electron chi connectivity index (χ1n) is 9.32. The van der Waals surface area contributed by atoms with E-state index in [9.17, 15) is 18.3 Å². The van der Waals surface area contributed by atoms with Crippen molar-refractivity contribution in [3.63, 3.8) is 0 Å². The van der Waals surface area contributed by atoms with Crippen LogP contribution in [0.25, 0.3) is 0 Å². The monoisotopic (exact) mass is 401 g/mol. The fourth-order valence-corrected chi connectivity index (χ4v) is 5.44. The first kappa shape index (κ1) is 22.0. The van der Waals surface area contributed by atoms with Crippen molar-refractivity contribution in [1.82, 2.24) is 5.16 Å². The van der Waals surface area contributed by atoms with Crippen LogP contribution in [0.3, 0.4) is 0 Å². The summed E-state index contributed by atoms with van der Waals surface area (Å²) in [5, 5.41) is 12.8. The molecule has 1 saturated carbocycles. The van der Waals surface area contributed by atoms with E-state index in [1.165, 1.54) is 13.8 Å². The highest BCUT2D eigenvalue weighted by molar-refractivity contribution is 7.94. The zero-order valence-corrected chi connectivity index (χ0v) is 17.6. The number of hydrogen-bond acceptors (Lipinski definition) is 7. The fraction of sp³-hybridized carbons (Fsp3) is 0.789. The number of methoxy groups -OCH3 is 1. The van der Waals surface area contributed by atoms with E-state index >= 15 is 0 Å². The molecule has 1 aromatic heterocycles. The standard InChI is InChI=1S/C19H31NO6S/c1-18(2,12-21)16-10-14(26-20-16)11-17(22)19(3,4)27(23,24)15-8-6-13(25-5)7-9-15/h10,13,15,21H,6-9,11-12H2,1-5H3. The second kappa shape index (κ2) is 8.01. The van der Waals surface area contributed by atoms with E-state index < -0.39 is 31.0 Å². The number of Topliss-reactive ketones (excluding diaryl/α,β-unsaturated/α-hetero) is 1. The van der Waals surface area contributed by atoms with Gasteiger partial charge in [0.2, 0.25) is 0 Å². The topological polar surface area (TPSA) is 107 Å². The summed E-state index contributed by atoms with van der Waals surface area (Å²) in [7, 11) is -2.01. The summed E-state index contributed by atoms with van der Waals surface area (Å²) in [6.45, 7) is 6.45. The molecule has 1 aliphatic carbocycles. The molecule has 154 valence electrons. The number of ketones is 1. The van der Waals surface area contributed by atoms with Crippen LogP contribution in [-0.4, -0.2) is 54.3 Å². The summed E-state index contributed by atoms with van der Waals surface area (Å²) in [6.07, 6.45) is 2.34. The van der Waals surface area contributed by atoms with Crippen LogP contribution in [0.2, 0.25) is 0 Å². The van der Waals surface area contributed by atoms with E-state index in [1.807, 2.05) is 0 Å². The molecular weight excluding hydrogens is 370 g/mol. The molecule has 0 bridgehead atoms. The molecule has 2 rings (SSSR count). The lowest BCUT2D eigenvalue weighted by atomic mass is 9.90. The molecule has 0 aliphatic heterocycles. The van der Waals surface area contributed by atoms with Crippen molar-refractivity contribution >= 4 is 15.6 Å². The molecule has 0 unspecified atom stereocenters. The van der Waals surface area contributed by atoms with E-state index in [2.05, 4.69) is 5.16 Å². The number of aromatic nitrogens is 1. The van der Waals surface area contributed by atoms with Gasteiger partial charge < -0.3 is 14.4 Å². The largest absolute Gasteiger partial charge is 0.395 e. The molecule has 27 heavy (non-hydrogen) atoms. The summed E-state index contributed by atoms with van der Waals surface area (Å²) in [5.74, 6) is -0.108. The highest BCUT2D eigenvalue weighted by Crippen LogP contribution is 2.33. The van der Waals surface area contributed by atoms with Crippen LogP contribution in [0.5, 0.6) is 0 Å². The van der Waals surface area contributed by atoms with Crippen molar-refractivity contribution in [3.8, 4) is 0 Å². The van der Waals surface area contributed by atoms with Crippen molar-refractivity contribution in [2.24, 2.45) is 0 Å². The number of carbonyl (C=O) groups excluding carboxylic acids is 1. The van der Waals surface area contributed by atoms with Crippen LogP contribution in [-0.2, 0) is 31.2 Å². The van der Waals surface area contributed by atoms with Crippen molar-refractivity contribution in [2.45, 2.75) is 81.3 Å². The summed E-state index contributed by atoms with van der Waals surface area (Å²) >= 11 is 0. The van der Waals surface area contributed by atoms with Gasteiger partial charge in [0.1, 0.15) is 10.5 Å². The minimum absolute atomic E-state index is 0.0951. The molecule has 1 aromatic rings. The number of aliphatic hydroxyl groups is 1. The van der Waals surface area contributed by atoms with Gasteiger partial charge in [-0.15, -0.1) is 0 Å². The number of hydrogen-bond donors (Lipinski definition) is 1. The van der Waals surface area contributed by atoms with Crippen LogP contribution in [0.4, 0.5) is 0 Å². The molecule has 1 heterocycles. The molecule has 1 aliphatic rings. The predicted molar refractivity (Wildman–Crippen MR) is 101 cm³/mol. The van der Waals surface area contributed by atoms with Crippen LogP contribution in [0, 0.1) is 0 Å². The zero-order chi connectivity index (χ0) is 20.5. The van der Waals surface area contributed by atoms with Crippen molar-refractivity contribution in [2.75, 3.05) is 13.7 Å². The Morgan fingerprint density at radius 2 is 1.85 bits per heavy atom. The maximum Gasteiger partial charge on any atom is 0.165 e. The van der Waals surface area contributed by atoms with Gasteiger partial charge in [0.25, 0.3) is 0 Å². The summed E-state index contributed by atoms with van der Waals surface area (Å²) in [6, 6.07) is 1.61. The average molecular weight is 402 g/mol. The Morgan fingerprint density at radius 1 is 1.26 bits per heavy atom. The Labute approximate surface area is 161 Å². The lowest BCUT2D eigenvalue weighted by molar-refractivity contribution is -0.120. The van der Waals surface area contributed by atoms with Crippen molar-refractivity contribution in [3.05, 3.63) is 17.5 Å². The van der Waals surface area contributed by atoms with Gasteiger partial charge in [0.15, 0.2) is 15.6 Å². The van der Waals surface area contributed by atoms with E-state index in [4.69, 9.17) is 9.26 Å². The van der Waals surface area contributed by atoms with Gasteiger partial charge in [0, 0.05) is 18.6 Å². The molecule has 7 nitrogen and oxygen atoms in total. The molecule has 0 radical (unpaired) electrons. The van der Waals surface area contributed by atoms with E-state index in [1.54, 1.807) is 27.0 Å². The maximum atomic E-state index is 13.1. The number of ether oxygens (including phenoxy) is 1. The van der Waals surface area contributed by atoms with E-state index in [-0.39, 0.29) is 19.1 Å². The Balaban J connectivity index is 2.12. The predicted octanol–water partition coefficient (Wildman–Crippen LogP) is 2.21. The van der Waals surface area contributed by atoms with Gasteiger partial charge >= 0.3 is 0 Å². The van der Waals surface area contributed by atoms with Gasteiger partial charge in [-0.05, 0) is 39.5 Å². The highest BCUT2D eigenvalue weighted by Gasteiger charge is 2.46. The van der Waals surface area contributed by atoms with Crippen molar-refractivity contribution in [1.29, 1.82) is 0 Å². The summed E-state index contributed by atoms with van der Waals surface area (Å²) in [4.78, 5) is 12.8. The Kier molecular flexibility index (Phi) is 6.54. The molecule has 1 N–H and O–H groups in total. The Hall–Kier alpha value is -1.25. The lowest BCUT2D eigenvalue weighted by Crippen LogP contribution is -2.48. The molecule has 8 heteroatoms. The van der Waals surface area contributed by atoms with E-state index in [0.29, 0.717) is 37.1 Å². The molecule has 0 atom stereocenters. The number of carbonyl (C=O) groups is 1. The molecule has 0 spiro atoms. The number of rotatable bonds is 8. The van der Waals surface area contributed by atoms with E-state index in [0.717, 1.165) is 0 Å². The van der Waals surface area contributed by atoms with Crippen LogP contribution >= 0.6 is 0 Å². The minimum Gasteiger partial charge on any atom is -0.395 e. The number of nitrogens with zero attached hydrogens (tertiary/aromatic N) is 1. The number of aliphatic hydroxyl groups excluding tert-OH is 1. The Morgan fingerprint density at radius 3 is 2.37 bits per heavy atom.